The first-order chi connectivity index (χ1) is 9.76. The highest BCUT2D eigenvalue weighted by Crippen LogP contribution is 2.23. The molecule has 0 radical (unpaired) electrons. The smallest absolute Gasteiger partial charge is 0.191 e. The van der Waals surface area contributed by atoms with Crippen LogP contribution in [-0.4, -0.2) is 49.6 Å². The molecule has 1 unspecified atom stereocenters. The van der Waals surface area contributed by atoms with E-state index >= 15 is 0 Å². The molecular formula is C16H34N4. The standard InChI is InChI=1S/C16H34N4/c1-5-14(6-2)15(20-11-9-10-12-20)13-19-16(17-7-3)18-8-4/h14-15H,5-13H2,1-4H3,(H2,17,18,19). The Morgan fingerprint density at radius 3 is 2.00 bits per heavy atom. The van der Waals surface area contributed by atoms with Crippen molar-refractivity contribution in [2.45, 2.75) is 59.4 Å². The molecule has 4 heteroatoms. The second-order valence-electron chi connectivity index (χ2n) is 5.64. The van der Waals surface area contributed by atoms with Crippen molar-refractivity contribution in [2.75, 3.05) is 32.7 Å². The maximum Gasteiger partial charge on any atom is 0.191 e. The molecule has 1 aliphatic heterocycles. The third kappa shape index (κ3) is 5.31. The highest BCUT2D eigenvalue weighted by molar-refractivity contribution is 5.79. The van der Waals surface area contributed by atoms with E-state index < -0.39 is 0 Å². The number of guanidine groups is 1. The van der Waals surface area contributed by atoms with Crippen molar-refractivity contribution in [2.24, 2.45) is 10.9 Å². The fraction of sp³-hybridized carbons (Fsp3) is 0.938. The first-order valence-electron chi connectivity index (χ1n) is 8.52. The van der Waals surface area contributed by atoms with Gasteiger partial charge in [-0.3, -0.25) is 9.89 Å². The molecule has 0 aromatic carbocycles. The number of aliphatic imine (C=N–C) groups is 1. The summed E-state index contributed by atoms with van der Waals surface area (Å²) in [6.45, 7) is 14.1. The second kappa shape index (κ2) is 10.0. The van der Waals surface area contributed by atoms with E-state index in [1.165, 1.54) is 38.8 Å². The number of hydrogen-bond donors (Lipinski definition) is 2. The number of nitrogens with zero attached hydrogens (tertiary/aromatic N) is 2. The number of nitrogens with one attached hydrogen (secondary N) is 2. The van der Waals surface area contributed by atoms with Crippen LogP contribution in [0.15, 0.2) is 4.99 Å². The Hall–Kier alpha value is -0.770. The van der Waals surface area contributed by atoms with Gasteiger partial charge in [-0.1, -0.05) is 26.7 Å². The van der Waals surface area contributed by atoms with Gasteiger partial charge >= 0.3 is 0 Å². The maximum atomic E-state index is 4.82. The van der Waals surface area contributed by atoms with Crippen LogP contribution in [0.5, 0.6) is 0 Å². The fourth-order valence-corrected chi connectivity index (χ4v) is 3.16. The molecule has 1 fully saturated rings. The van der Waals surface area contributed by atoms with E-state index in [9.17, 15) is 0 Å². The predicted octanol–water partition coefficient (Wildman–Crippen LogP) is 2.46. The van der Waals surface area contributed by atoms with E-state index in [1.54, 1.807) is 0 Å². The number of likely N-dealkylation sites (tertiary alicyclic amines) is 1. The van der Waals surface area contributed by atoms with Crippen LogP contribution in [0.1, 0.15) is 53.4 Å². The van der Waals surface area contributed by atoms with Gasteiger partial charge in [0.05, 0.1) is 6.54 Å². The molecule has 0 saturated carbocycles. The third-order valence-corrected chi connectivity index (χ3v) is 4.33. The zero-order valence-electron chi connectivity index (χ0n) is 13.9. The summed E-state index contributed by atoms with van der Waals surface area (Å²) < 4.78 is 0. The Kier molecular flexibility index (Phi) is 8.67. The Labute approximate surface area is 125 Å². The van der Waals surface area contributed by atoms with Crippen molar-refractivity contribution in [1.82, 2.24) is 15.5 Å². The van der Waals surface area contributed by atoms with Crippen molar-refractivity contribution in [3.05, 3.63) is 0 Å². The van der Waals surface area contributed by atoms with Crippen molar-refractivity contribution in [3.63, 3.8) is 0 Å². The molecule has 4 nitrogen and oxygen atoms in total. The molecule has 1 rings (SSSR count). The Balaban J connectivity index is 2.68. The molecule has 0 amide bonds. The molecule has 0 aromatic heterocycles. The lowest BCUT2D eigenvalue weighted by Gasteiger charge is -2.32. The van der Waals surface area contributed by atoms with Crippen molar-refractivity contribution < 1.29 is 0 Å². The van der Waals surface area contributed by atoms with Gasteiger partial charge in [0.15, 0.2) is 5.96 Å². The predicted molar refractivity (Wildman–Crippen MR) is 88.3 cm³/mol. The average molecular weight is 282 g/mol. The topological polar surface area (TPSA) is 39.7 Å². The van der Waals surface area contributed by atoms with E-state index in [4.69, 9.17) is 4.99 Å². The molecule has 0 spiro atoms. The molecule has 1 aliphatic rings. The van der Waals surface area contributed by atoms with Gasteiger partial charge in [0.25, 0.3) is 0 Å². The van der Waals surface area contributed by atoms with Gasteiger partial charge < -0.3 is 10.6 Å². The van der Waals surface area contributed by atoms with Crippen molar-refractivity contribution in [3.8, 4) is 0 Å². The summed E-state index contributed by atoms with van der Waals surface area (Å²) >= 11 is 0. The summed E-state index contributed by atoms with van der Waals surface area (Å²) in [6.07, 6.45) is 5.22. The van der Waals surface area contributed by atoms with Gasteiger partial charge in [-0.05, 0) is 45.7 Å². The average Bonchev–Trinajstić information content (AvgIpc) is 2.97. The van der Waals surface area contributed by atoms with E-state index in [0.717, 1.165) is 31.5 Å². The van der Waals surface area contributed by atoms with Crippen LogP contribution in [0.2, 0.25) is 0 Å². The minimum absolute atomic E-state index is 0.611. The molecule has 1 atom stereocenters. The van der Waals surface area contributed by atoms with E-state index in [1.807, 2.05) is 0 Å². The summed E-state index contributed by atoms with van der Waals surface area (Å²) in [5.74, 6) is 1.73. The lowest BCUT2D eigenvalue weighted by atomic mass is 9.93. The quantitative estimate of drug-likeness (QED) is 0.531. The second-order valence-corrected chi connectivity index (χ2v) is 5.64. The minimum Gasteiger partial charge on any atom is -0.357 e. The normalized spacial score (nSPS) is 17.2. The summed E-state index contributed by atoms with van der Waals surface area (Å²) in [4.78, 5) is 7.48. The first kappa shape index (κ1) is 17.3. The highest BCUT2D eigenvalue weighted by atomic mass is 15.2. The molecule has 0 aromatic rings. The fourth-order valence-electron chi connectivity index (χ4n) is 3.16. The summed E-state index contributed by atoms with van der Waals surface area (Å²) in [5.41, 5.74) is 0. The van der Waals surface area contributed by atoms with Gasteiger partial charge in [0, 0.05) is 19.1 Å². The van der Waals surface area contributed by atoms with Crippen molar-refractivity contribution >= 4 is 5.96 Å². The van der Waals surface area contributed by atoms with Crippen LogP contribution >= 0.6 is 0 Å². The minimum atomic E-state index is 0.611. The SMILES string of the molecule is CCNC(=NCC(C(CC)CC)N1CCCC1)NCC. The molecule has 118 valence electrons. The Morgan fingerprint density at radius 1 is 1.00 bits per heavy atom. The molecule has 0 bridgehead atoms. The monoisotopic (exact) mass is 282 g/mol. The van der Waals surface area contributed by atoms with Crippen LogP contribution in [0.3, 0.4) is 0 Å². The number of hydrogen-bond acceptors (Lipinski definition) is 2. The molecule has 2 N–H and O–H groups in total. The van der Waals surface area contributed by atoms with Crippen LogP contribution < -0.4 is 10.6 Å². The van der Waals surface area contributed by atoms with E-state index in [0.29, 0.717) is 6.04 Å². The summed E-state index contributed by atoms with van der Waals surface area (Å²) in [6, 6.07) is 0.611. The third-order valence-electron chi connectivity index (χ3n) is 4.33. The van der Waals surface area contributed by atoms with Crippen LogP contribution in [0.25, 0.3) is 0 Å². The van der Waals surface area contributed by atoms with Gasteiger partial charge in [0.2, 0.25) is 0 Å². The van der Waals surface area contributed by atoms with Gasteiger partial charge in [-0.15, -0.1) is 0 Å². The molecule has 20 heavy (non-hydrogen) atoms. The lowest BCUT2D eigenvalue weighted by molar-refractivity contribution is 0.172. The van der Waals surface area contributed by atoms with Gasteiger partial charge in [-0.25, -0.2) is 0 Å². The molecule has 1 heterocycles. The van der Waals surface area contributed by atoms with E-state index in [2.05, 4.69) is 43.2 Å². The number of rotatable bonds is 8. The zero-order chi connectivity index (χ0) is 14.8. The Morgan fingerprint density at radius 2 is 1.55 bits per heavy atom. The molecule has 1 saturated heterocycles. The molecular weight excluding hydrogens is 248 g/mol. The van der Waals surface area contributed by atoms with Crippen LogP contribution in [-0.2, 0) is 0 Å². The van der Waals surface area contributed by atoms with Gasteiger partial charge in [0.1, 0.15) is 0 Å². The van der Waals surface area contributed by atoms with Crippen LogP contribution in [0, 0.1) is 5.92 Å². The Bertz CT molecular complexity index is 258. The summed E-state index contributed by atoms with van der Waals surface area (Å²) in [7, 11) is 0. The largest absolute Gasteiger partial charge is 0.357 e. The maximum absolute atomic E-state index is 4.82. The van der Waals surface area contributed by atoms with Crippen LogP contribution in [0.4, 0.5) is 0 Å². The van der Waals surface area contributed by atoms with Crippen molar-refractivity contribution in [1.29, 1.82) is 0 Å². The first-order valence-corrected chi connectivity index (χ1v) is 8.52. The van der Waals surface area contributed by atoms with Gasteiger partial charge in [-0.2, -0.15) is 0 Å². The zero-order valence-corrected chi connectivity index (χ0v) is 13.9. The van der Waals surface area contributed by atoms with E-state index in [-0.39, 0.29) is 0 Å². The summed E-state index contributed by atoms with van der Waals surface area (Å²) in [5, 5.41) is 6.65. The molecule has 0 aliphatic carbocycles. The highest BCUT2D eigenvalue weighted by Gasteiger charge is 2.27. The lowest BCUT2D eigenvalue weighted by Crippen LogP contribution is -2.43.